The molecular weight excluding hydrogens is 503 g/mol. The van der Waals surface area contributed by atoms with E-state index in [1.54, 1.807) is 13.8 Å². The van der Waals surface area contributed by atoms with Crippen molar-refractivity contribution in [2.75, 3.05) is 6.61 Å². The molecular formula is C23H43N6O7P. The van der Waals surface area contributed by atoms with Gasteiger partial charge in [0, 0.05) is 26.9 Å². The van der Waals surface area contributed by atoms with Crippen LogP contribution in [0.2, 0.25) is 0 Å². The molecule has 1 aliphatic heterocycles. The molecule has 0 spiro atoms. The van der Waals surface area contributed by atoms with Crippen LogP contribution in [0.3, 0.4) is 0 Å². The number of nitrogens with two attached hydrogens (primary N) is 1. The minimum absolute atomic E-state index is 0.00194. The lowest BCUT2D eigenvalue weighted by Gasteiger charge is -2.34. The van der Waals surface area contributed by atoms with Gasteiger partial charge in [-0.1, -0.05) is 13.3 Å². The summed E-state index contributed by atoms with van der Waals surface area (Å²) in [6, 6.07) is -0.152. The number of allylic oxidation sites excluding steroid dienone is 1. The lowest BCUT2D eigenvalue weighted by atomic mass is 10.1. The van der Waals surface area contributed by atoms with Crippen LogP contribution in [0.1, 0.15) is 60.3 Å². The summed E-state index contributed by atoms with van der Waals surface area (Å²) >= 11 is 0. The van der Waals surface area contributed by atoms with Gasteiger partial charge in [-0.05, 0) is 47.0 Å². The van der Waals surface area contributed by atoms with E-state index < -0.39 is 41.9 Å². The Hall–Kier alpha value is -1.86. The number of nitrogens with one attached hydrogen (secondary N) is 5. The van der Waals surface area contributed by atoms with Crippen LogP contribution in [-0.2, 0) is 19.1 Å². The number of carbonyl (C=O) groups is 2. The molecule has 13 nitrogen and oxygen atoms in total. The Morgan fingerprint density at radius 3 is 2.32 bits per heavy atom. The van der Waals surface area contributed by atoms with Crippen molar-refractivity contribution in [1.29, 1.82) is 5.41 Å². The zero-order valence-corrected chi connectivity index (χ0v) is 23.1. The number of carboxylic acid groups (broad SMARTS) is 1. The molecule has 14 heteroatoms. The second kappa shape index (κ2) is 13.8. The molecule has 6 atom stereocenters. The standard InChI is InChI=1S/C23H43N6O7P/c1-6-7-14(24)16(25)17(26-13-8-9-13)20(32)27-21-19(31)18(30)15(36-21)10-35-23(22(33)34,28-11(2)3)37-29-12(4)5/h11-13,15,18-19,21,24,26,28-31,37H,6-10,25H2,1-5H3,(H,27,32)(H,33,34)/b17-16+,24-14?. The van der Waals surface area contributed by atoms with E-state index in [1.165, 1.54) is 0 Å². The Labute approximate surface area is 219 Å². The van der Waals surface area contributed by atoms with Crippen LogP contribution in [0.25, 0.3) is 0 Å². The number of carbonyl (C=O) groups excluding carboxylic acids is 1. The van der Waals surface area contributed by atoms with E-state index in [9.17, 15) is 24.9 Å². The number of carboxylic acids is 1. The minimum Gasteiger partial charge on any atom is -0.478 e. The maximum absolute atomic E-state index is 13.0. The lowest BCUT2D eigenvalue weighted by molar-refractivity contribution is -0.164. The lowest BCUT2D eigenvalue weighted by Crippen LogP contribution is -2.56. The van der Waals surface area contributed by atoms with Gasteiger partial charge in [-0.3, -0.25) is 15.2 Å². The van der Waals surface area contributed by atoms with Crippen molar-refractivity contribution in [2.45, 2.75) is 108 Å². The van der Waals surface area contributed by atoms with Crippen LogP contribution in [-0.4, -0.2) is 87.6 Å². The number of aliphatic carboxylic acids is 1. The Balaban J connectivity index is 2.12. The third-order valence-electron chi connectivity index (χ3n) is 5.68. The fourth-order valence-electron chi connectivity index (χ4n) is 3.59. The molecule has 1 saturated heterocycles. The van der Waals surface area contributed by atoms with Crippen molar-refractivity contribution in [2.24, 2.45) is 5.73 Å². The van der Waals surface area contributed by atoms with Crippen molar-refractivity contribution >= 4 is 26.3 Å². The summed E-state index contributed by atoms with van der Waals surface area (Å²) in [4.78, 5) is 25.2. The van der Waals surface area contributed by atoms with E-state index >= 15 is 0 Å². The van der Waals surface area contributed by atoms with Crippen LogP contribution in [0.4, 0.5) is 0 Å². The third kappa shape index (κ3) is 8.85. The van der Waals surface area contributed by atoms with Crippen molar-refractivity contribution in [3.8, 4) is 0 Å². The molecule has 2 aliphatic rings. The summed E-state index contributed by atoms with van der Waals surface area (Å²) in [5.41, 5.74) is 4.47. The molecule has 1 heterocycles. The predicted molar refractivity (Wildman–Crippen MR) is 140 cm³/mol. The van der Waals surface area contributed by atoms with Gasteiger partial charge in [0.25, 0.3) is 5.91 Å². The molecule has 0 aromatic heterocycles. The summed E-state index contributed by atoms with van der Waals surface area (Å²) in [6.45, 7) is 8.85. The Bertz CT molecular complexity index is 853. The second-order valence-corrected chi connectivity index (χ2v) is 11.2. The third-order valence-corrected chi connectivity index (χ3v) is 7.25. The number of ether oxygens (including phenoxy) is 2. The van der Waals surface area contributed by atoms with E-state index in [1.807, 2.05) is 20.8 Å². The van der Waals surface area contributed by atoms with Crippen molar-refractivity contribution in [3.05, 3.63) is 11.4 Å². The monoisotopic (exact) mass is 546 g/mol. The quantitative estimate of drug-likeness (QED) is 0.0528. The summed E-state index contributed by atoms with van der Waals surface area (Å²) in [7, 11) is -0.361. The summed E-state index contributed by atoms with van der Waals surface area (Å²) in [6.07, 6.45) is -2.53. The van der Waals surface area contributed by atoms with Crippen LogP contribution in [0, 0.1) is 5.41 Å². The molecule has 0 aromatic carbocycles. The number of amides is 1. The Kier molecular flexibility index (Phi) is 11.7. The van der Waals surface area contributed by atoms with Gasteiger partial charge < -0.3 is 46.6 Å². The van der Waals surface area contributed by atoms with Gasteiger partial charge in [-0.15, -0.1) is 0 Å². The summed E-state index contributed by atoms with van der Waals surface area (Å²) in [5.74, 6) is -1.91. The normalized spacial score (nSPS) is 26.4. The van der Waals surface area contributed by atoms with Crippen LogP contribution in [0.15, 0.2) is 11.4 Å². The molecule has 2 fully saturated rings. The van der Waals surface area contributed by atoms with E-state index in [-0.39, 0.29) is 50.6 Å². The van der Waals surface area contributed by atoms with Gasteiger partial charge in [-0.2, -0.15) is 0 Å². The van der Waals surface area contributed by atoms with E-state index in [2.05, 4.69) is 21.0 Å². The Morgan fingerprint density at radius 2 is 1.81 bits per heavy atom. The molecule has 0 radical (unpaired) electrons. The highest BCUT2D eigenvalue weighted by Crippen LogP contribution is 2.31. The highest BCUT2D eigenvalue weighted by Gasteiger charge is 2.47. The fourth-order valence-corrected chi connectivity index (χ4v) is 4.71. The first-order chi connectivity index (χ1) is 17.3. The highest BCUT2D eigenvalue weighted by molar-refractivity contribution is 7.38. The molecule has 212 valence electrons. The minimum atomic E-state index is -1.79. The molecule has 6 unspecified atom stereocenters. The largest absolute Gasteiger partial charge is 0.478 e. The molecule has 0 aromatic rings. The molecule has 2 rings (SSSR count). The smallest absolute Gasteiger partial charge is 0.357 e. The van der Waals surface area contributed by atoms with E-state index in [4.69, 9.17) is 20.6 Å². The average molecular weight is 547 g/mol. The first-order valence-corrected chi connectivity index (χ1v) is 13.7. The number of rotatable bonds is 16. The second-order valence-electron chi connectivity index (χ2n) is 10.0. The number of aliphatic hydroxyl groups excluding tert-OH is 2. The maximum Gasteiger partial charge on any atom is 0.357 e. The fraction of sp³-hybridized carbons (Fsp3) is 0.783. The molecule has 10 N–H and O–H groups in total. The molecule has 1 amide bonds. The van der Waals surface area contributed by atoms with Gasteiger partial charge in [0.1, 0.15) is 24.0 Å². The Morgan fingerprint density at radius 1 is 1.16 bits per heavy atom. The highest BCUT2D eigenvalue weighted by atomic mass is 31.1. The zero-order chi connectivity index (χ0) is 27.9. The van der Waals surface area contributed by atoms with Crippen LogP contribution < -0.4 is 26.8 Å². The molecule has 37 heavy (non-hydrogen) atoms. The van der Waals surface area contributed by atoms with Crippen LogP contribution in [0.5, 0.6) is 0 Å². The zero-order valence-electron chi connectivity index (χ0n) is 22.1. The number of aliphatic hydroxyl groups is 2. The topological polar surface area (TPSA) is 211 Å². The van der Waals surface area contributed by atoms with E-state index in [0.29, 0.717) is 12.8 Å². The average Bonchev–Trinajstić information content (AvgIpc) is 3.60. The van der Waals surface area contributed by atoms with Crippen molar-refractivity contribution < 1.29 is 34.4 Å². The van der Waals surface area contributed by atoms with Gasteiger partial charge in [-0.25, -0.2) is 4.79 Å². The van der Waals surface area contributed by atoms with Gasteiger partial charge in [0.05, 0.1) is 18.0 Å². The van der Waals surface area contributed by atoms with Crippen molar-refractivity contribution in [3.63, 3.8) is 0 Å². The van der Waals surface area contributed by atoms with Crippen molar-refractivity contribution in [1.82, 2.24) is 21.0 Å². The maximum atomic E-state index is 13.0. The van der Waals surface area contributed by atoms with Crippen LogP contribution >= 0.6 is 8.73 Å². The molecule has 1 saturated carbocycles. The van der Waals surface area contributed by atoms with Gasteiger partial charge in [0.2, 0.25) is 5.47 Å². The molecule has 1 aliphatic carbocycles. The summed E-state index contributed by atoms with van der Waals surface area (Å²) in [5, 5.41) is 50.8. The van der Waals surface area contributed by atoms with Gasteiger partial charge >= 0.3 is 5.97 Å². The summed E-state index contributed by atoms with van der Waals surface area (Å²) < 4.78 is 11.5. The number of hydrogen-bond acceptors (Lipinski definition) is 11. The molecule has 0 bridgehead atoms. The SMILES string of the molecule is CCCC(=N)/C(N)=C(\NC1CC1)C(=O)NC1OC(COC(NC(C)C)(PNC(C)C)C(=O)O)C(O)C1O. The first-order valence-electron chi connectivity index (χ1n) is 12.7. The predicted octanol–water partition coefficient (Wildman–Crippen LogP) is -0.364. The first kappa shape index (κ1) is 31.4. The van der Waals surface area contributed by atoms with Gasteiger partial charge in [0.15, 0.2) is 6.23 Å². The van der Waals surface area contributed by atoms with E-state index in [0.717, 1.165) is 12.8 Å². The number of hydrogen-bond donors (Lipinski definition) is 9.